The van der Waals surface area contributed by atoms with Crippen molar-refractivity contribution in [3.05, 3.63) is 12.2 Å². The van der Waals surface area contributed by atoms with E-state index in [1.165, 1.54) is 0 Å². The molecule has 2 aliphatic rings. The Morgan fingerprint density at radius 2 is 1.93 bits per heavy atom. The Balaban J connectivity index is 1.68. The van der Waals surface area contributed by atoms with Gasteiger partial charge in [0, 0.05) is 24.8 Å². The Morgan fingerprint density at radius 3 is 2.69 bits per heavy atom. The predicted molar refractivity (Wildman–Crippen MR) is 107 cm³/mol. The Bertz CT molecular complexity index is 580. The van der Waals surface area contributed by atoms with Gasteiger partial charge in [0.2, 0.25) is 5.91 Å². The number of carboxylic acid groups (broad SMARTS) is 1. The predicted octanol–water partition coefficient (Wildman–Crippen LogP) is 2.62. The lowest BCUT2D eigenvalue weighted by Gasteiger charge is -2.25. The van der Waals surface area contributed by atoms with E-state index >= 15 is 0 Å². The van der Waals surface area contributed by atoms with Crippen LogP contribution in [0.2, 0.25) is 0 Å². The van der Waals surface area contributed by atoms with Crippen molar-refractivity contribution < 1.29 is 29.0 Å². The fraction of sp³-hybridized carbons (Fsp3) is 0.762. The van der Waals surface area contributed by atoms with E-state index in [0.717, 1.165) is 38.5 Å². The maximum absolute atomic E-state index is 11.9. The molecule has 3 N–H and O–H groups in total. The lowest BCUT2D eigenvalue weighted by molar-refractivity contribution is -0.137. The second-order valence-electron chi connectivity index (χ2n) is 7.75. The van der Waals surface area contributed by atoms with Gasteiger partial charge in [-0.3, -0.25) is 9.59 Å². The van der Waals surface area contributed by atoms with Gasteiger partial charge in [-0.05, 0) is 38.5 Å². The molecule has 8 heteroatoms. The number of hydrogen-bond donors (Lipinski definition) is 3. The van der Waals surface area contributed by atoms with Crippen molar-refractivity contribution in [1.82, 2.24) is 10.6 Å². The zero-order chi connectivity index (χ0) is 21.1. The molecular weight excluding hydrogens is 376 g/mol. The van der Waals surface area contributed by atoms with Crippen molar-refractivity contribution in [3.63, 3.8) is 0 Å². The standard InChI is InChI=1S/C21H34N2O6/c1-2-3-12-22-19(24)13-23-21(27)28-14-16-15(17-10-11-18(16)29-17)8-6-4-5-7-9-20(25)26/h6,8,15-18H,2-5,7,9-14H2,1H3,(H,22,24)(H,23,27)(H,25,26)/b8-6-/t15-,16+,17-,18+/m0/s1. The molecule has 0 spiro atoms. The minimum Gasteiger partial charge on any atom is -0.481 e. The molecule has 0 radical (unpaired) electrons. The third-order valence-corrected chi connectivity index (χ3v) is 5.51. The van der Waals surface area contributed by atoms with Crippen molar-refractivity contribution in [3.8, 4) is 0 Å². The maximum atomic E-state index is 11.9. The molecule has 2 heterocycles. The van der Waals surface area contributed by atoms with Crippen LogP contribution in [0.25, 0.3) is 0 Å². The van der Waals surface area contributed by atoms with Crippen LogP contribution in [0.15, 0.2) is 12.2 Å². The number of amides is 2. The van der Waals surface area contributed by atoms with Crippen LogP contribution in [-0.2, 0) is 19.1 Å². The number of nitrogens with one attached hydrogen (secondary N) is 2. The van der Waals surface area contributed by atoms with Crippen molar-refractivity contribution in [2.45, 2.75) is 70.5 Å². The van der Waals surface area contributed by atoms with E-state index in [-0.39, 0.29) is 49.5 Å². The fourth-order valence-corrected chi connectivity index (χ4v) is 3.93. The fourth-order valence-electron chi connectivity index (χ4n) is 3.93. The van der Waals surface area contributed by atoms with Crippen molar-refractivity contribution in [1.29, 1.82) is 0 Å². The van der Waals surface area contributed by atoms with Crippen LogP contribution in [0.3, 0.4) is 0 Å². The molecular formula is C21H34N2O6. The summed E-state index contributed by atoms with van der Waals surface area (Å²) in [5.74, 6) is -0.654. The quantitative estimate of drug-likeness (QED) is 0.318. The SMILES string of the molecule is CCCCNC(=O)CNC(=O)OC[C@@H]1[C@H](/C=C\CCCCC(=O)O)[C@@H]2CC[C@H]1O2. The molecule has 0 saturated carbocycles. The smallest absolute Gasteiger partial charge is 0.407 e. The van der Waals surface area contributed by atoms with Crippen LogP contribution in [0.5, 0.6) is 0 Å². The van der Waals surface area contributed by atoms with Crippen LogP contribution in [-0.4, -0.2) is 55.0 Å². The first kappa shape index (κ1) is 23.2. The normalized spacial score (nSPS) is 25.3. The second-order valence-corrected chi connectivity index (χ2v) is 7.75. The molecule has 29 heavy (non-hydrogen) atoms. The summed E-state index contributed by atoms with van der Waals surface area (Å²) in [4.78, 5) is 34.1. The summed E-state index contributed by atoms with van der Waals surface area (Å²) in [5, 5.41) is 13.9. The summed E-state index contributed by atoms with van der Waals surface area (Å²) < 4.78 is 11.3. The molecule has 2 fully saturated rings. The Morgan fingerprint density at radius 1 is 1.14 bits per heavy atom. The Labute approximate surface area is 172 Å². The van der Waals surface area contributed by atoms with E-state index in [9.17, 15) is 14.4 Å². The van der Waals surface area contributed by atoms with Crippen LogP contribution < -0.4 is 10.6 Å². The van der Waals surface area contributed by atoms with Gasteiger partial charge in [-0.15, -0.1) is 0 Å². The van der Waals surface area contributed by atoms with E-state index in [0.29, 0.717) is 13.0 Å². The number of unbranched alkanes of at least 4 members (excludes halogenated alkanes) is 3. The molecule has 2 amide bonds. The minimum absolute atomic E-state index is 0.0879. The lowest BCUT2D eigenvalue weighted by atomic mass is 9.79. The summed E-state index contributed by atoms with van der Waals surface area (Å²) in [6, 6.07) is 0. The Kier molecular flexibility index (Phi) is 9.97. The molecule has 0 aromatic rings. The highest BCUT2D eigenvalue weighted by atomic mass is 16.6. The lowest BCUT2D eigenvalue weighted by Crippen LogP contribution is -2.39. The number of carboxylic acids is 1. The molecule has 4 atom stereocenters. The summed E-state index contributed by atoms with van der Waals surface area (Å²) in [7, 11) is 0. The number of fused-ring (bicyclic) bond motifs is 2. The van der Waals surface area contributed by atoms with Gasteiger partial charge in [-0.2, -0.15) is 0 Å². The zero-order valence-corrected chi connectivity index (χ0v) is 17.2. The molecule has 0 aliphatic carbocycles. The molecule has 2 aliphatic heterocycles. The van der Waals surface area contributed by atoms with Gasteiger partial charge in [0.05, 0.1) is 25.4 Å². The van der Waals surface area contributed by atoms with Crippen LogP contribution >= 0.6 is 0 Å². The van der Waals surface area contributed by atoms with Gasteiger partial charge in [-0.1, -0.05) is 25.5 Å². The minimum atomic E-state index is -0.760. The number of aliphatic carboxylic acids is 1. The summed E-state index contributed by atoms with van der Waals surface area (Å²) >= 11 is 0. The van der Waals surface area contributed by atoms with Gasteiger partial charge < -0.3 is 25.2 Å². The monoisotopic (exact) mass is 410 g/mol. The number of alkyl carbamates (subject to hydrolysis) is 1. The van der Waals surface area contributed by atoms with Gasteiger partial charge >= 0.3 is 12.1 Å². The first-order valence-corrected chi connectivity index (χ1v) is 10.7. The van der Waals surface area contributed by atoms with E-state index in [1.54, 1.807) is 0 Å². The average molecular weight is 411 g/mol. The molecule has 0 aromatic heterocycles. The van der Waals surface area contributed by atoms with E-state index in [2.05, 4.69) is 22.8 Å². The topological polar surface area (TPSA) is 114 Å². The van der Waals surface area contributed by atoms with Gasteiger partial charge in [0.25, 0.3) is 0 Å². The van der Waals surface area contributed by atoms with E-state index < -0.39 is 12.1 Å². The zero-order valence-electron chi connectivity index (χ0n) is 17.2. The molecule has 0 aromatic carbocycles. The highest BCUT2D eigenvalue weighted by Gasteiger charge is 2.48. The first-order valence-electron chi connectivity index (χ1n) is 10.7. The van der Waals surface area contributed by atoms with Crippen LogP contribution in [0.1, 0.15) is 58.3 Å². The van der Waals surface area contributed by atoms with Gasteiger partial charge in [-0.25, -0.2) is 4.79 Å². The molecule has 2 saturated heterocycles. The summed E-state index contributed by atoms with van der Waals surface area (Å²) in [6.45, 7) is 2.83. The number of carbonyl (C=O) groups excluding carboxylic acids is 2. The largest absolute Gasteiger partial charge is 0.481 e. The number of carbonyl (C=O) groups is 3. The highest BCUT2D eigenvalue weighted by Crippen LogP contribution is 2.44. The molecule has 8 nitrogen and oxygen atoms in total. The van der Waals surface area contributed by atoms with Crippen molar-refractivity contribution in [2.75, 3.05) is 19.7 Å². The molecule has 0 unspecified atom stereocenters. The van der Waals surface area contributed by atoms with Gasteiger partial charge in [0.1, 0.15) is 0 Å². The van der Waals surface area contributed by atoms with Crippen LogP contribution in [0, 0.1) is 11.8 Å². The third kappa shape index (κ3) is 8.04. The Hall–Kier alpha value is -2.09. The first-order chi connectivity index (χ1) is 14.0. The van der Waals surface area contributed by atoms with Crippen LogP contribution in [0.4, 0.5) is 4.79 Å². The second kappa shape index (κ2) is 12.5. The number of ether oxygens (including phenoxy) is 2. The van der Waals surface area contributed by atoms with Crippen molar-refractivity contribution in [2.24, 2.45) is 11.8 Å². The summed E-state index contributed by atoms with van der Waals surface area (Å²) in [6.07, 6.45) is 10.4. The number of hydrogen-bond acceptors (Lipinski definition) is 5. The number of allylic oxidation sites excluding steroid dienone is 1. The third-order valence-electron chi connectivity index (χ3n) is 5.51. The number of rotatable bonds is 13. The van der Waals surface area contributed by atoms with E-state index in [4.69, 9.17) is 14.6 Å². The average Bonchev–Trinajstić information content (AvgIpc) is 3.29. The van der Waals surface area contributed by atoms with Gasteiger partial charge in [0.15, 0.2) is 0 Å². The maximum Gasteiger partial charge on any atom is 0.407 e. The van der Waals surface area contributed by atoms with Crippen molar-refractivity contribution >= 4 is 18.0 Å². The van der Waals surface area contributed by atoms with E-state index in [1.807, 2.05) is 6.92 Å². The molecule has 2 bridgehead atoms. The molecule has 2 rings (SSSR count). The highest BCUT2D eigenvalue weighted by molar-refractivity contribution is 5.82. The molecule has 164 valence electrons. The summed E-state index contributed by atoms with van der Waals surface area (Å²) in [5.41, 5.74) is 0.